The lowest BCUT2D eigenvalue weighted by Gasteiger charge is -2.49. The minimum absolute atomic E-state index is 0.0116. The molecule has 0 saturated carbocycles. The molecular weight excluding hydrogens is 466 g/mol. The second-order valence-electron chi connectivity index (χ2n) is 7.27. The van der Waals surface area contributed by atoms with Crippen molar-refractivity contribution in [2.24, 2.45) is 5.73 Å². The van der Waals surface area contributed by atoms with E-state index in [-0.39, 0.29) is 29.5 Å². The van der Waals surface area contributed by atoms with E-state index in [1.807, 2.05) is 30.3 Å². The first-order chi connectivity index (χ1) is 15.8. The van der Waals surface area contributed by atoms with E-state index < -0.39 is 29.2 Å². The van der Waals surface area contributed by atoms with Crippen molar-refractivity contribution in [3.8, 4) is 0 Å². The summed E-state index contributed by atoms with van der Waals surface area (Å²) in [4.78, 5) is 57.6. The second-order valence-corrected chi connectivity index (χ2v) is 9.37. The van der Waals surface area contributed by atoms with E-state index in [0.717, 1.165) is 5.56 Å². The Kier molecular flexibility index (Phi) is 6.65. The maximum atomic E-state index is 12.8. The summed E-state index contributed by atoms with van der Waals surface area (Å²) in [5, 5.41) is 12.4. The first-order valence-electron chi connectivity index (χ1n) is 9.83. The molecule has 0 bridgehead atoms. The van der Waals surface area contributed by atoms with Crippen LogP contribution in [0.1, 0.15) is 16.1 Å². The highest BCUT2D eigenvalue weighted by Gasteiger charge is 2.54. The third-order valence-corrected chi connectivity index (χ3v) is 7.36. The smallest absolute Gasteiger partial charge is 0.352 e. The highest BCUT2D eigenvalue weighted by Crippen LogP contribution is 2.41. The maximum Gasteiger partial charge on any atom is 0.352 e. The zero-order chi connectivity index (χ0) is 23.5. The fourth-order valence-electron chi connectivity index (χ4n) is 3.50. The fourth-order valence-corrected chi connectivity index (χ4v) is 5.83. The number of nitrogens with two attached hydrogens (primary N) is 1. The van der Waals surface area contributed by atoms with Gasteiger partial charge in [0.15, 0.2) is 0 Å². The van der Waals surface area contributed by atoms with Gasteiger partial charge in [0.2, 0.25) is 5.91 Å². The number of nitrogens with one attached hydrogen (secondary N) is 1. The van der Waals surface area contributed by atoms with Gasteiger partial charge in [-0.1, -0.05) is 30.3 Å². The van der Waals surface area contributed by atoms with Gasteiger partial charge in [-0.2, -0.15) is 0 Å². The Morgan fingerprint density at radius 3 is 2.70 bits per heavy atom. The quantitative estimate of drug-likeness (QED) is 0.361. The van der Waals surface area contributed by atoms with E-state index in [9.17, 15) is 24.3 Å². The first-order valence-corrected chi connectivity index (χ1v) is 11.9. The van der Waals surface area contributed by atoms with Crippen LogP contribution in [0.3, 0.4) is 0 Å². The van der Waals surface area contributed by atoms with Crippen LogP contribution < -0.4 is 11.1 Å². The van der Waals surface area contributed by atoms with Gasteiger partial charge in [-0.3, -0.25) is 24.3 Å². The minimum Gasteiger partial charge on any atom is -0.477 e. The van der Waals surface area contributed by atoms with Crippen LogP contribution in [0.5, 0.6) is 0 Å². The van der Waals surface area contributed by atoms with Crippen LogP contribution >= 0.6 is 23.5 Å². The summed E-state index contributed by atoms with van der Waals surface area (Å²) in [5.41, 5.74) is 6.51. The maximum absolute atomic E-state index is 12.8. The third kappa shape index (κ3) is 4.86. The van der Waals surface area contributed by atoms with Gasteiger partial charge in [-0.25, -0.2) is 9.78 Å². The Balaban J connectivity index is 1.44. The third-order valence-electron chi connectivity index (χ3n) is 5.03. The molecule has 3 amide bonds. The SMILES string of the molecule is NC(=O)c1cncc(SCC2=C(C(=O)O)N3C(=O)C(NC(=O)Cc4ccccc4)C3SC2)n1. The molecule has 12 heteroatoms. The standard InChI is InChI=1S/C21H19N5O5S2/c22-18(28)13-7-23-8-15(24-13)32-9-12-10-33-20-16(19(29)26(20)17(12)21(30)31)25-14(27)6-11-4-2-1-3-5-11/h1-5,7-8,16,20H,6,9-10H2,(H2,22,28)(H,25,27)(H,30,31). The van der Waals surface area contributed by atoms with E-state index in [0.29, 0.717) is 16.4 Å². The Bertz CT molecular complexity index is 1160. The van der Waals surface area contributed by atoms with Crippen molar-refractivity contribution in [2.75, 3.05) is 11.5 Å². The number of fused-ring (bicyclic) bond motifs is 1. The number of hydrogen-bond acceptors (Lipinski definition) is 8. The molecule has 4 rings (SSSR count). The van der Waals surface area contributed by atoms with Crippen molar-refractivity contribution < 1.29 is 24.3 Å². The number of aliphatic carboxylic acids is 1. The van der Waals surface area contributed by atoms with Gasteiger partial charge < -0.3 is 16.2 Å². The molecule has 2 aliphatic rings. The van der Waals surface area contributed by atoms with E-state index in [1.165, 1.54) is 40.8 Å². The van der Waals surface area contributed by atoms with Gasteiger partial charge >= 0.3 is 5.97 Å². The predicted molar refractivity (Wildman–Crippen MR) is 121 cm³/mol. The number of amides is 3. The summed E-state index contributed by atoms with van der Waals surface area (Å²) in [6.07, 6.45) is 2.83. The molecule has 10 nitrogen and oxygen atoms in total. The lowest BCUT2D eigenvalue weighted by atomic mass is 10.0. The van der Waals surface area contributed by atoms with Crippen molar-refractivity contribution >= 4 is 47.2 Å². The summed E-state index contributed by atoms with van der Waals surface area (Å²) >= 11 is 2.59. The van der Waals surface area contributed by atoms with Crippen molar-refractivity contribution in [3.05, 3.63) is 65.3 Å². The molecule has 2 unspecified atom stereocenters. The largest absolute Gasteiger partial charge is 0.477 e. The van der Waals surface area contributed by atoms with Gasteiger partial charge in [0, 0.05) is 11.5 Å². The van der Waals surface area contributed by atoms with Crippen molar-refractivity contribution in [1.82, 2.24) is 20.2 Å². The minimum atomic E-state index is -1.21. The summed E-state index contributed by atoms with van der Waals surface area (Å²) < 4.78 is 0. The zero-order valence-corrected chi connectivity index (χ0v) is 18.8. The number of carbonyl (C=O) groups is 4. The molecule has 33 heavy (non-hydrogen) atoms. The Labute approximate surface area is 197 Å². The molecule has 170 valence electrons. The molecular formula is C21H19N5O5S2. The normalized spacial score (nSPS) is 19.5. The number of nitrogens with zero attached hydrogens (tertiary/aromatic N) is 3. The number of benzene rings is 1. The van der Waals surface area contributed by atoms with Crippen molar-refractivity contribution in [1.29, 1.82) is 0 Å². The van der Waals surface area contributed by atoms with Crippen LogP contribution in [0.25, 0.3) is 0 Å². The zero-order valence-electron chi connectivity index (χ0n) is 17.1. The Morgan fingerprint density at radius 2 is 2.00 bits per heavy atom. The number of aromatic nitrogens is 2. The van der Waals surface area contributed by atoms with E-state index in [1.54, 1.807) is 0 Å². The molecule has 0 radical (unpaired) electrons. The summed E-state index contributed by atoms with van der Waals surface area (Å²) in [5.74, 6) is -2.06. The summed E-state index contributed by atoms with van der Waals surface area (Å²) in [7, 11) is 0. The molecule has 1 fully saturated rings. The van der Waals surface area contributed by atoms with Gasteiger partial charge in [-0.15, -0.1) is 23.5 Å². The molecule has 2 atom stereocenters. The molecule has 1 aromatic carbocycles. The number of hydrogen-bond donors (Lipinski definition) is 3. The highest BCUT2D eigenvalue weighted by molar-refractivity contribution is 8.01. The molecule has 2 aromatic rings. The predicted octanol–water partition coefficient (Wildman–Crippen LogP) is 0.649. The molecule has 2 aliphatic heterocycles. The number of rotatable bonds is 8. The molecule has 3 heterocycles. The number of carboxylic acids is 1. The first kappa shape index (κ1) is 22.8. The van der Waals surface area contributed by atoms with Gasteiger partial charge in [-0.05, 0) is 11.1 Å². The number of carboxylic acid groups (broad SMARTS) is 1. The van der Waals surface area contributed by atoms with Crippen LogP contribution in [0.4, 0.5) is 0 Å². The monoisotopic (exact) mass is 485 g/mol. The molecule has 1 aromatic heterocycles. The van der Waals surface area contributed by atoms with Crippen molar-refractivity contribution in [2.45, 2.75) is 22.9 Å². The average Bonchev–Trinajstić information content (AvgIpc) is 2.81. The number of carbonyl (C=O) groups excluding carboxylic acids is 3. The van der Waals surface area contributed by atoms with Gasteiger partial charge in [0.25, 0.3) is 11.8 Å². The topological polar surface area (TPSA) is 156 Å². The van der Waals surface area contributed by atoms with Crippen LogP contribution in [-0.2, 0) is 20.8 Å². The van der Waals surface area contributed by atoms with E-state index >= 15 is 0 Å². The second kappa shape index (κ2) is 9.63. The number of β-lactam (4-membered cyclic amide) rings is 1. The van der Waals surface area contributed by atoms with E-state index in [4.69, 9.17) is 5.73 Å². The van der Waals surface area contributed by atoms with E-state index in [2.05, 4.69) is 15.3 Å². The Morgan fingerprint density at radius 1 is 1.24 bits per heavy atom. The molecule has 0 aliphatic carbocycles. The van der Waals surface area contributed by atoms with Crippen LogP contribution in [0.15, 0.2) is 59.0 Å². The Hall–Kier alpha value is -3.38. The molecule has 0 spiro atoms. The van der Waals surface area contributed by atoms with Gasteiger partial charge in [0.1, 0.15) is 27.8 Å². The summed E-state index contributed by atoms with van der Waals surface area (Å²) in [6, 6.07) is 8.38. The average molecular weight is 486 g/mol. The van der Waals surface area contributed by atoms with Crippen molar-refractivity contribution in [3.63, 3.8) is 0 Å². The van der Waals surface area contributed by atoms with Crippen LogP contribution in [-0.4, -0.2) is 66.6 Å². The fraction of sp³-hybridized carbons (Fsp3) is 0.238. The number of thioether (sulfide) groups is 2. The molecule has 4 N–H and O–H groups in total. The van der Waals surface area contributed by atoms with Gasteiger partial charge in [0.05, 0.1) is 18.8 Å². The summed E-state index contributed by atoms with van der Waals surface area (Å²) in [6.45, 7) is 0. The highest BCUT2D eigenvalue weighted by atomic mass is 32.2. The lowest BCUT2D eigenvalue weighted by molar-refractivity contribution is -0.150. The number of primary amides is 1. The van der Waals surface area contributed by atoms with Crippen LogP contribution in [0.2, 0.25) is 0 Å². The van der Waals surface area contributed by atoms with Crippen LogP contribution in [0, 0.1) is 0 Å². The molecule has 1 saturated heterocycles. The lowest BCUT2D eigenvalue weighted by Crippen LogP contribution is -2.70.